The van der Waals surface area contributed by atoms with Crippen molar-refractivity contribution < 1.29 is 4.79 Å². The Balaban J connectivity index is 1.41. The highest BCUT2D eigenvalue weighted by Crippen LogP contribution is 2.47. The predicted octanol–water partition coefficient (Wildman–Crippen LogP) is 5.58. The fourth-order valence-corrected chi connectivity index (χ4v) is 5.11. The Morgan fingerprint density at radius 3 is 2.32 bits per heavy atom. The third kappa shape index (κ3) is 4.08. The lowest BCUT2D eigenvalue weighted by Gasteiger charge is -2.32. The lowest BCUT2D eigenvalue weighted by Crippen LogP contribution is -2.29. The van der Waals surface area contributed by atoms with E-state index in [2.05, 4.69) is 77.6 Å². The molecule has 144 valence electrons. The number of hydrogen-bond acceptors (Lipinski definition) is 5. The number of anilines is 2. The molecular weight excluding hydrogens is 386 g/mol. The minimum atomic E-state index is 0.0484. The molecule has 0 radical (unpaired) electrons. The number of amides is 1. The van der Waals surface area contributed by atoms with Gasteiger partial charge in [0.25, 0.3) is 0 Å². The number of nitrogens with zero attached hydrogens (tertiary/aromatic N) is 2. The molecule has 6 heteroatoms. The maximum Gasteiger partial charge on any atom is 0.222 e. The molecule has 0 fully saturated rings. The lowest BCUT2D eigenvalue weighted by atomic mass is 10.2. The average molecular weight is 410 g/mol. The molecule has 0 spiro atoms. The van der Waals surface area contributed by atoms with Gasteiger partial charge in [0.05, 0.1) is 28.6 Å². The van der Waals surface area contributed by atoms with Crippen molar-refractivity contribution in [2.75, 3.05) is 11.4 Å². The van der Waals surface area contributed by atoms with Gasteiger partial charge in [0.2, 0.25) is 5.91 Å². The highest BCUT2D eigenvalue weighted by atomic mass is 32.2. The summed E-state index contributed by atoms with van der Waals surface area (Å²) in [5, 5.41) is 6.16. The van der Waals surface area contributed by atoms with Gasteiger partial charge in [-0.25, -0.2) is 4.98 Å². The average Bonchev–Trinajstić information content (AvgIpc) is 3.19. The number of benzene rings is 2. The van der Waals surface area contributed by atoms with E-state index in [1.807, 2.05) is 5.38 Å². The maximum absolute atomic E-state index is 12.5. The van der Waals surface area contributed by atoms with E-state index in [1.54, 1.807) is 23.1 Å². The van der Waals surface area contributed by atoms with Crippen LogP contribution in [-0.2, 0) is 11.3 Å². The molecule has 2 aromatic carbocycles. The number of hydrogen-bond donors (Lipinski definition) is 1. The minimum Gasteiger partial charge on any atom is -0.350 e. The van der Waals surface area contributed by atoms with Gasteiger partial charge in [-0.2, -0.15) is 0 Å². The summed E-state index contributed by atoms with van der Waals surface area (Å²) in [5.74, 6) is 0.471. The lowest BCUT2D eigenvalue weighted by molar-refractivity contribution is -0.121. The van der Waals surface area contributed by atoms with Crippen LogP contribution in [0.5, 0.6) is 0 Å². The van der Waals surface area contributed by atoms with Crippen LogP contribution in [0.3, 0.4) is 0 Å². The van der Waals surface area contributed by atoms with Crippen molar-refractivity contribution in [2.24, 2.45) is 0 Å². The number of fused-ring (bicyclic) bond motifs is 2. The number of carbonyl (C=O) groups excluding carboxylic acids is 1. The summed E-state index contributed by atoms with van der Waals surface area (Å²) in [6.45, 7) is 5.40. The summed E-state index contributed by atoms with van der Waals surface area (Å²) >= 11 is 3.44. The summed E-state index contributed by atoms with van der Waals surface area (Å²) in [6, 6.07) is 16.7. The van der Waals surface area contributed by atoms with Crippen molar-refractivity contribution in [1.29, 1.82) is 0 Å². The molecule has 0 bridgehead atoms. The van der Waals surface area contributed by atoms with Gasteiger partial charge in [0.1, 0.15) is 0 Å². The van der Waals surface area contributed by atoms with E-state index in [0.29, 0.717) is 25.4 Å². The Kier molecular flexibility index (Phi) is 5.69. The second kappa shape index (κ2) is 8.37. The van der Waals surface area contributed by atoms with Gasteiger partial charge in [-0.1, -0.05) is 49.9 Å². The maximum atomic E-state index is 12.5. The summed E-state index contributed by atoms with van der Waals surface area (Å²) in [5.41, 5.74) is 3.27. The van der Waals surface area contributed by atoms with E-state index in [-0.39, 0.29) is 5.91 Å². The fraction of sp³-hybridized carbons (Fsp3) is 0.273. The molecule has 4 rings (SSSR count). The van der Waals surface area contributed by atoms with Gasteiger partial charge in [-0.15, -0.1) is 11.3 Å². The van der Waals surface area contributed by atoms with Crippen molar-refractivity contribution >= 4 is 40.4 Å². The molecule has 0 atom stereocenters. The summed E-state index contributed by atoms with van der Waals surface area (Å²) in [7, 11) is 0. The van der Waals surface area contributed by atoms with Crippen molar-refractivity contribution in [3.63, 3.8) is 0 Å². The van der Waals surface area contributed by atoms with Crippen LogP contribution in [0.4, 0.5) is 11.4 Å². The normalized spacial score (nSPS) is 12.6. The zero-order valence-electron chi connectivity index (χ0n) is 16.0. The highest BCUT2D eigenvalue weighted by molar-refractivity contribution is 7.99. The number of nitrogens with one attached hydrogen (secondary N) is 1. The Bertz CT molecular complexity index is 938. The van der Waals surface area contributed by atoms with Crippen LogP contribution in [0.25, 0.3) is 0 Å². The zero-order valence-corrected chi connectivity index (χ0v) is 17.6. The van der Waals surface area contributed by atoms with Gasteiger partial charge in [-0.3, -0.25) is 4.79 Å². The second-order valence-electron chi connectivity index (χ2n) is 7.05. The molecule has 3 aromatic rings. The molecule has 0 aliphatic carbocycles. The fourth-order valence-electron chi connectivity index (χ4n) is 3.18. The zero-order chi connectivity index (χ0) is 19.5. The Morgan fingerprint density at radius 1 is 1.07 bits per heavy atom. The van der Waals surface area contributed by atoms with Gasteiger partial charge < -0.3 is 10.2 Å². The molecule has 0 saturated heterocycles. The standard InChI is InChI=1S/C22H23N3OS2/c1-15(2)22-24-16(14-27-22)13-23-21(26)11-12-25-17-7-3-5-9-19(17)28-20-10-6-4-8-18(20)25/h3-10,14-15H,11-13H2,1-2H3,(H,23,26). The van der Waals surface area contributed by atoms with Crippen LogP contribution >= 0.6 is 23.1 Å². The van der Waals surface area contributed by atoms with E-state index >= 15 is 0 Å². The Hall–Kier alpha value is -2.31. The minimum absolute atomic E-state index is 0.0484. The van der Waals surface area contributed by atoms with E-state index in [0.717, 1.165) is 10.7 Å². The molecule has 1 amide bonds. The molecule has 0 unspecified atom stereocenters. The molecule has 1 aliphatic heterocycles. The van der Waals surface area contributed by atoms with Crippen LogP contribution in [0.2, 0.25) is 0 Å². The first kappa shape index (κ1) is 19.0. The number of carbonyl (C=O) groups is 1. The smallest absolute Gasteiger partial charge is 0.222 e. The molecular formula is C22H23N3OS2. The quantitative estimate of drug-likeness (QED) is 0.578. The number of thiazole rings is 1. The van der Waals surface area contributed by atoms with Crippen molar-refractivity contribution in [3.05, 3.63) is 64.6 Å². The van der Waals surface area contributed by atoms with Crippen LogP contribution < -0.4 is 10.2 Å². The van der Waals surface area contributed by atoms with Gasteiger partial charge in [0.15, 0.2) is 0 Å². The SMILES string of the molecule is CC(C)c1nc(CNC(=O)CCN2c3ccccc3Sc3ccccc32)cs1. The van der Waals surface area contributed by atoms with Crippen molar-refractivity contribution in [2.45, 2.75) is 42.5 Å². The van der Waals surface area contributed by atoms with Crippen LogP contribution in [0, 0.1) is 0 Å². The Labute approximate surface area is 174 Å². The van der Waals surface area contributed by atoms with E-state index < -0.39 is 0 Å². The summed E-state index contributed by atoms with van der Waals surface area (Å²) < 4.78 is 0. The van der Waals surface area contributed by atoms with E-state index in [4.69, 9.17) is 0 Å². The molecule has 28 heavy (non-hydrogen) atoms. The van der Waals surface area contributed by atoms with Gasteiger partial charge in [-0.05, 0) is 24.3 Å². The topological polar surface area (TPSA) is 45.2 Å². The van der Waals surface area contributed by atoms with Crippen LogP contribution in [0.15, 0.2) is 63.7 Å². The number of aromatic nitrogens is 1. The molecule has 4 nitrogen and oxygen atoms in total. The highest BCUT2D eigenvalue weighted by Gasteiger charge is 2.23. The first-order valence-electron chi connectivity index (χ1n) is 9.46. The second-order valence-corrected chi connectivity index (χ2v) is 9.02. The molecule has 1 aromatic heterocycles. The summed E-state index contributed by atoms with van der Waals surface area (Å²) in [6.07, 6.45) is 0.439. The van der Waals surface area contributed by atoms with Gasteiger partial charge >= 0.3 is 0 Å². The van der Waals surface area contributed by atoms with Crippen molar-refractivity contribution in [1.82, 2.24) is 10.3 Å². The third-order valence-electron chi connectivity index (χ3n) is 4.62. The number of rotatable bonds is 6. The monoisotopic (exact) mass is 409 g/mol. The predicted molar refractivity (Wildman–Crippen MR) is 117 cm³/mol. The molecule has 0 saturated carbocycles. The third-order valence-corrected chi connectivity index (χ3v) is 6.95. The molecule has 2 heterocycles. The first-order valence-corrected chi connectivity index (χ1v) is 11.2. The van der Waals surface area contributed by atoms with Gasteiger partial charge in [0, 0.05) is 34.1 Å². The van der Waals surface area contributed by atoms with Crippen LogP contribution in [0.1, 0.15) is 36.9 Å². The van der Waals surface area contributed by atoms with Crippen LogP contribution in [-0.4, -0.2) is 17.4 Å². The number of para-hydroxylation sites is 2. The largest absolute Gasteiger partial charge is 0.350 e. The van der Waals surface area contributed by atoms with E-state index in [1.165, 1.54) is 21.2 Å². The van der Waals surface area contributed by atoms with Crippen molar-refractivity contribution in [3.8, 4) is 0 Å². The first-order chi connectivity index (χ1) is 13.6. The summed E-state index contributed by atoms with van der Waals surface area (Å²) in [4.78, 5) is 21.7. The molecule has 1 aliphatic rings. The molecule has 1 N–H and O–H groups in total. The van der Waals surface area contributed by atoms with E-state index in [9.17, 15) is 4.79 Å². The Morgan fingerprint density at radius 2 is 1.71 bits per heavy atom.